The number of aryl methyl sites for hydroxylation is 2. The molecule has 1 heterocycles. The first-order valence-corrected chi connectivity index (χ1v) is 8.47. The van der Waals surface area contributed by atoms with E-state index in [1.165, 1.54) is 0 Å². The maximum absolute atomic E-state index is 12.0. The Bertz CT molecular complexity index is 740. The molecule has 2 aromatic rings. The number of benzene rings is 1. The lowest BCUT2D eigenvalue weighted by molar-refractivity contribution is -0.116. The van der Waals surface area contributed by atoms with Crippen LogP contribution < -0.4 is 16.0 Å². The number of nitrogens with one attached hydrogen (secondary N) is 3. The lowest BCUT2D eigenvalue weighted by Crippen LogP contribution is -2.28. The summed E-state index contributed by atoms with van der Waals surface area (Å²) in [7, 11) is 0. The summed E-state index contributed by atoms with van der Waals surface area (Å²) in [6.07, 6.45) is 3.95. The highest BCUT2D eigenvalue weighted by Gasteiger charge is 2.09. The van der Waals surface area contributed by atoms with E-state index < -0.39 is 0 Å². The van der Waals surface area contributed by atoms with Gasteiger partial charge in [-0.1, -0.05) is 18.2 Å². The van der Waals surface area contributed by atoms with Crippen LogP contribution in [0.5, 0.6) is 0 Å². The van der Waals surface area contributed by atoms with Crippen LogP contribution >= 0.6 is 0 Å². The van der Waals surface area contributed by atoms with E-state index in [-0.39, 0.29) is 18.4 Å². The number of rotatable bonds is 9. The van der Waals surface area contributed by atoms with Gasteiger partial charge >= 0.3 is 6.03 Å². The smallest absolute Gasteiger partial charge is 0.319 e. The standard InChI is InChI=1S/C18H23N5O3/c1-3-5-15-22-17(26-23-15)11-10-16(24)20-13-6-8-14(9-7-13)21-18(25)19-12-4-2/h4,6-9H,2-3,5,10-12H2,1H3,(H,20,24)(H2,19,21,25). The number of nitrogens with zero attached hydrogens (tertiary/aromatic N) is 2. The van der Waals surface area contributed by atoms with Gasteiger partial charge in [-0.25, -0.2) is 4.79 Å². The van der Waals surface area contributed by atoms with Crippen molar-refractivity contribution < 1.29 is 14.1 Å². The van der Waals surface area contributed by atoms with Crippen molar-refractivity contribution >= 4 is 23.3 Å². The largest absolute Gasteiger partial charge is 0.339 e. The van der Waals surface area contributed by atoms with E-state index in [0.29, 0.717) is 36.1 Å². The second-order valence-electron chi connectivity index (χ2n) is 5.60. The second-order valence-corrected chi connectivity index (χ2v) is 5.60. The first-order valence-electron chi connectivity index (χ1n) is 8.47. The van der Waals surface area contributed by atoms with Crippen molar-refractivity contribution in [2.45, 2.75) is 32.6 Å². The summed E-state index contributed by atoms with van der Waals surface area (Å²) < 4.78 is 5.11. The molecular formula is C18H23N5O3. The van der Waals surface area contributed by atoms with E-state index in [4.69, 9.17) is 4.52 Å². The molecule has 26 heavy (non-hydrogen) atoms. The Morgan fingerprint density at radius 1 is 1.15 bits per heavy atom. The molecule has 0 aliphatic carbocycles. The van der Waals surface area contributed by atoms with Crippen molar-refractivity contribution in [1.29, 1.82) is 0 Å². The Hall–Kier alpha value is -3.16. The Balaban J connectivity index is 1.77. The van der Waals surface area contributed by atoms with Crippen molar-refractivity contribution in [2.75, 3.05) is 17.2 Å². The molecule has 3 amide bonds. The van der Waals surface area contributed by atoms with Crippen molar-refractivity contribution in [3.63, 3.8) is 0 Å². The normalized spacial score (nSPS) is 10.2. The highest BCUT2D eigenvalue weighted by molar-refractivity contribution is 5.92. The van der Waals surface area contributed by atoms with Gasteiger partial charge in [0.2, 0.25) is 11.8 Å². The number of carbonyl (C=O) groups excluding carboxylic acids is 2. The average Bonchev–Trinajstić information content (AvgIpc) is 3.08. The Morgan fingerprint density at radius 2 is 1.85 bits per heavy atom. The van der Waals surface area contributed by atoms with Gasteiger partial charge in [-0.2, -0.15) is 4.98 Å². The minimum Gasteiger partial charge on any atom is -0.339 e. The minimum absolute atomic E-state index is 0.148. The highest BCUT2D eigenvalue weighted by Crippen LogP contribution is 2.14. The summed E-state index contributed by atoms with van der Waals surface area (Å²) in [5.41, 5.74) is 1.27. The van der Waals surface area contributed by atoms with Crippen molar-refractivity contribution in [2.24, 2.45) is 0 Å². The Kier molecular flexibility index (Phi) is 7.35. The summed E-state index contributed by atoms with van der Waals surface area (Å²) in [4.78, 5) is 27.8. The van der Waals surface area contributed by atoms with E-state index >= 15 is 0 Å². The first kappa shape index (κ1) is 19.2. The fourth-order valence-electron chi connectivity index (χ4n) is 2.14. The van der Waals surface area contributed by atoms with E-state index in [9.17, 15) is 9.59 Å². The molecule has 0 bridgehead atoms. The summed E-state index contributed by atoms with van der Waals surface area (Å²) in [5, 5.41) is 11.9. The molecule has 0 radical (unpaired) electrons. The predicted molar refractivity (Wildman–Crippen MR) is 98.9 cm³/mol. The van der Waals surface area contributed by atoms with Crippen LogP contribution in [-0.2, 0) is 17.6 Å². The second kappa shape index (κ2) is 9.97. The number of hydrogen-bond donors (Lipinski definition) is 3. The lowest BCUT2D eigenvalue weighted by atomic mass is 10.2. The topological polar surface area (TPSA) is 109 Å². The van der Waals surface area contributed by atoms with Gasteiger partial charge in [0.05, 0.1) is 0 Å². The summed E-state index contributed by atoms with van der Waals surface area (Å²) in [5.74, 6) is 0.987. The molecule has 0 atom stereocenters. The van der Waals surface area contributed by atoms with Gasteiger partial charge in [0, 0.05) is 37.2 Å². The summed E-state index contributed by atoms with van der Waals surface area (Å²) >= 11 is 0. The lowest BCUT2D eigenvalue weighted by Gasteiger charge is -2.08. The number of amides is 3. The van der Waals surface area contributed by atoms with Gasteiger partial charge < -0.3 is 20.5 Å². The SMILES string of the molecule is C=CCNC(=O)Nc1ccc(NC(=O)CCc2nc(CCC)no2)cc1. The zero-order valence-corrected chi connectivity index (χ0v) is 14.7. The summed E-state index contributed by atoms with van der Waals surface area (Å²) in [6, 6.07) is 6.53. The molecule has 8 heteroatoms. The molecule has 2 rings (SSSR count). The molecule has 3 N–H and O–H groups in total. The molecule has 138 valence electrons. The molecule has 0 aliphatic heterocycles. The van der Waals surface area contributed by atoms with Crippen LogP contribution in [0, 0.1) is 0 Å². The van der Waals surface area contributed by atoms with Gasteiger partial charge in [0.1, 0.15) is 0 Å². The van der Waals surface area contributed by atoms with E-state index in [1.807, 2.05) is 6.92 Å². The van der Waals surface area contributed by atoms with Crippen molar-refractivity contribution in [3.8, 4) is 0 Å². The van der Waals surface area contributed by atoms with E-state index in [2.05, 4.69) is 32.7 Å². The zero-order chi connectivity index (χ0) is 18.8. The Labute approximate surface area is 152 Å². The third-order valence-electron chi connectivity index (χ3n) is 3.38. The number of aromatic nitrogens is 2. The third kappa shape index (κ3) is 6.39. The van der Waals surface area contributed by atoms with Crippen LogP contribution in [0.1, 0.15) is 31.5 Å². The molecule has 0 unspecified atom stereocenters. The monoisotopic (exact) mass is 357 g/mol. The fourth-order valence-corrected chi connectivity index (χ4v) is 2.14. The third-order valence-corrected chi connectivity index (χ3v) is 3.38. The molecule has 0 spiro atoms. The number of anilines is 2. The average molecular weight is 357 g/mol. The molecule has 1 aromatic heterocycles. The van der Waals surface area contributed by atoms with Crippen LogP contribution in [0.25, 0.3) is 0 Å². The van der Waals surface area contributed by atoms with Crippen molar-refractivity contribution in [1.82, 2.24) is 15.5 Å². The maximum Gasteiger partial charge on any atom is 0.319 e. The van der Waals surface area contributed by atoms with Gasteiger partial charge in [-0.3, -0.25) is 4.79 Å². The van der Waals surface area contributed by atoms with Crippen LogP contribution in [0.3, 0.4) is 0 Å². The highest BCUT2D eigenvalue weighted by atomic mass is 16.5. The number of hydrogen-bond acceptors (Lipinski definition) is 5. The van der Waals surface area contributed by atoms with Crippen LogP contribution in [-0.4, -0.2) is 28.6 Å². The minimum atomic E-state index is -0.316. The van der Waals surface area contributed by atoms with Crippen LogP contribution in [0.2, 0.25) is 0 Å². The van der Waals surface area contributed by atoms with Gasteiger partial charge in [0.15, 0.2) is 5.82 Å². The van der Waals surface area contributed by atoms with Crippen LogP contribution in [0.4, 0.5) is 16.2 Å². The number of carbonyl (C=O) groups is 2. The zero-order valence-electron chi connectivity index (χ0n) is 14.7. The maximum atomic E-state index is 12.0. The first-order chi connectivity index (χ1) is 12.6. The van der Waals surface area contributed by atoms with Crippen molar-refractivity contribution in [3.05, 3.63) is 48.6 Å². The quantitative estimate of drug-likeness (QED) is 0.598. The number of urea groups is 1. The molecular weight excluding hydrogens is 334 g/mol. The predicted octanol–water partition coefficient (Wildman–Crippen LogP) is 2.90. The van der Waals surface area contributed by atoms with Gasteiger partial charge in [-0.15, -0.1) is 6.58 Å². The molecule has 8 nitrogen and oxygen atoms in total. The van der Waals surface area contributed by atoms with E-state index in [1.54, 1.807) is 30.3 Å². The molecule has 0 aliphatic rings. The van der Waals surface area contributed by atoms with Gasteiger partial charge in [0.25, 0.3) is 0 Å². The van der Waals surface area contributed by atoms with Crippen LogP contribution in [0.15, 0.2) is 41.4 Å². The molecule has 1 aromatic carbocycles. The molecule has 0 fully saturated rings. The van der Waals surface area contributed by atoms with E-state index in [0.717, 1.165) is 12.8 Å². The Morgan fingerprint density at radius 3 is 2.50 bits per heavy atom. The van der Waals surface area contributed by atoms with Gasteiger partial charge in [-0.05, 0) is 30.7 Å². The fraction of sp³-hybridized carbons (Fsp3) is 0.333. The summed E-state index contributed by atoms with van der Waals surface area (Å²) in [6.45, 7) is 5.96. The molecule has 0 saturated carbocycles. The molecule has 0 saturated heterocycles.